The topological polar surface area (TPSA) is 29.1 Å². The fourth-order valence-corrected chi connectivity index (χ4v) is 1.44. The van der Waals surface area contributed by atoms with Crippen molar-refractivity contribution in [3.63, 3.8) is 0 Å². The molecule has 5 heteroatoms. The van der Waals surface area contributed by atoms with Crippen LogP contribution in [0.2, 0.25) is 0 Å². The van der Waals surface area contributed by atoms with Crippen LogP contribution in [-0.2, 0) is 11.0 Å². The minimum absolute atomic E-state index is 0.300. The number of hydrogen-bond acceptors (Lipinski definition) is 1. The van der Waals surface area contributed by atoms with Crippen LogP contribution in [0.3, 0.4) is 0 Å². The summed E-state index contributed by atoms with van der Waals surface area (Å²) < 4.78 is 37.4. The Labute approximate surface area is 110 Å². The van der Waals surface area contributed by atoms with Crippen molar-refractivity contribution in [3.8, 4) is 0 Å². The van der Waals surface area contributed by atoms with E-state index < -0.39 is 11.7 Å². The van der Waals surface area contributed by atoms with Crippen LogP contribution in [-0.4, -0.2) is 12.5 Å². The predicted molar refractivity (Wildman–Crippen MR) is 68.4 cm³/mol. The molecule has 104 valence electrons. The standard InChI is InChI=1S/C14H16F3NO/c1-2-3-9-18-13(19)8-7-11-5-4-6-12(10-11)14(15,16)17/h4-8,10H,2-3,9H2,1H3,(H,18,19). The molecule has 0 fully saturated rings. The Hall–Kier alpha value is -1.78. The molecule has 0 unspecified atom stereocenters. The van der Waals surface area contributed by atoms with E-state index in [1.165, 1.54) is 24.3 Å². The van der Waals surface area contributed by atoms with Gasteiger partial charge in [0.05, 0.1) is 5.56 Å². The van der Waals surface area contributed by atoms with E-state index in [1.807, 2.05) is 6.92 Å². The molecule has 2 nitrogen and oxygen atoms in total. The van der Waals surface area contributed by atoms with E-state index in [4.69, 9.17) is 0 Å². The molecule has 19 heavy (non-hydrogen) atoms. The smallest absolute Gasteiger partial charge is 0.353 e. The molecule has 1 amide bonds. The third-order valence-corrected chi connectivity index (χ3v) is 2.47. The Bertz CT molecular complexity index is 452. The molecule has 0 spiro atoms. The molecule has 0 heterocycles. The maximum atomic E-state index is 12.5. The van der Waals surface area contributed by atoms with Crippen molar-refractivity contribution in [2.24, 2.45) is 0 Å². The highest BCUT2D eigenvalue weighted by Crippen LogP contribution is 2.29. The van der Waals surface area contributed by atoms with Gasteiger partial charge in [-0.1, -0.05) is 25.5 Å². The van der Waals surface area contributed by atoms with Gasteiger partial charge in [0.2, 0.25) is 5.91 Å². The van der Waals surface area contributed by atoms with Gasteiger partial charge >= 0.3 is 6.18 Å². The van der Waals surface area contributed by atoms with Crippen LogP contribution in [0, 0.1) is 0 Å². The number of carbonyl (C=O) groups excluding carboxylic acids is 1. The first kappa shape index (κ1) is 15.3. The van der Waals surface area contributed by atoms with Crippen LogP contribution in [0.25, 0.3) is 6.08 Å². The molecular weight excluding hydrogens is 255 g/mol. The van der Waals surface area contributed by atoms with Crippen molar-refractivity contribution in [2.75, 3.05) is 6.54 Å². The Morgan fingerprint density at radius 2 is 2.11 bits per heavy atom. The van der Waals surface area contributed by atoms with Crippen molar-refractivity contribution in [1.82, 2.24) is 5.32 Å². The van der Waals surface area contributed by atoms with Gasteiger partial charge in [0.1, 0.15) is 0 Å². The van der Waals surface area contributed by atoms with Crippen LogP contribution in [0.4, 0.5) is 13.2 Å². The second-order valence-electron chi connectivity index (χ2n) is 4.10. The molecule has 1 aromatic rings. The van der Waals surface area contributed by atoms with Crippen LogP contribution in [0.15, 0.2) is 30.3 Å². The van der Waals surface area contributed by atoms with Gasteiger partial charge in [0, 0.05) is 12.6 Å². The average molecular weight is 271 g/mol. The summed E-state index contributed by atoms with van der Waals surface area (Å²) in [5, 5.41) is 2.65. The van der Waals surface area contributed by atoms with Crippen molar-refractivity contribution in [2.45, 2.75) is 25.9 Å². The van der Waals surface area contributed by atoms with Crippen molar-refractivity contribution >= 4 is 12.0 Å². The van der Waals surface area contributed by atoms with E-state index in [1.54, 1.807) is 0 Å². The number of rotatable bonds is 5. The zero-order valence-corrected chi connectivity index (χ0v) is 10.6. The second kappa shape index (κ2) is 6.97. The predicted octanol–water partition coefficient (Wildman–Crippen LogP) is 3.63. The number of carbonyl (C=O) groups is 1. The van der Waals surface area contributed by atoms with Crippen LogP contribution < -0.4 is 5.32 Å². The molecule has 0 atom stereocenters. The van der Waals surface area contributed by atoms with Gasteiger partial charge < -0.3 is 5.32 Å². The molecule has 1 N–H and O–H groups in total. The van der Waals surface area contributed by atoms with E-state index in [2.05, 4.69) is 5.32 Å². The lowest BCUT2D eigenvalue weighted by Crippen LogP contribution is -2.21. The second-order valence-corrected chi connectivity index (χ2v) is 4.10. The molecule has 0 saturated heterocycles. The van der Waals surface area contributed by atoms with E-state index in [0.29, 0.717) is 12.1 Å². The monoisotopic (exact) mass is 271 g/mol. The van der Waals surface area contributed by atoms with Crippen LogP contribution >= 0.6 is 0 Å². The quantitative estimate of drug-likeness (QED) is 0.643. The summed E-state index contributed by atoms with van der Waals surface area (Å²) in [6, 6.07) is 4.84. The zero-order valence-electron chi connectivity index (χ0n) is 10.6. The first-order valence-electron chi connectivity index (χ1n) is 6.06. The highest BCUT2D eigenvalue weighted by Gasteiger charge is 2.30. The minimum atomic E-state index is -4.37. The number of amides is 1. The van der Waals surface area contributed by atoms with E-state index in [-0.39, 0.29) is 5.91 Å². The Balaban J connectivity index is 2.64. The summed E-state index contributed by atoms with van der Waals surface area (Å²) in [7, 11) is 0. The summed E-state index contributed by atoms with van der Waals surface area (Å²) in [6.45, 7) is 2.58. The van der Waals surface area contributed by atoms with Gasteiger partial charge in [-0.3, -0.25) is 4.79 Å². The SMILES string of the molecule is CCCCNC(=O)C=Cc1cccc(C(F)(F)F)c1. The number of unbranched alkanes of at least 4 members (excludes halogenated alkanes) is 1. The molecule has 0 bridgehead atoms. The first-order chi connectivity index (χ1) is 8.93. The van der Waals surface area contributed by atoms with Gasteiger partial charge in [-0.05, 0) is 30.2 Å². The summed E-state index contributed by atoms with van der Waals surface area (Å²) in [4.78, 5) is 11.4. The molecule has 0 aliphatic carbocycles. The number of benzene rings is 1. The normalized spacial score (nSPS) is 11.8. The van der Waals surface area contributed by atoms with Gasteiger partial charge in [0.25, 0.3) is 0 Å². The van der Waals surface area contributed by atoms with E-state index in [0.717, 1.165) is 25.0 Å². The third kappa shape index (κ3) is 5.59. The lowest BCUT2D eigenvalue weighted by Gasteiger charge is -2.06. The lowest BCUT2D eigenvalue weighted by atomic mass is 10.1. The molecule has 0 aliphatic heterocycles. The number of halogens is 3. The molecule has 0 saturated carbocycles. The molecule has 1 aromatic carbocycles. The van der Waals surface area contributed by atoms with Crippen LogP contribution in [0.1, 0.15) is 30.9 Å². The Morgan fingerprint density at radius 1 is 1.37 bits per heavy atom. The van der Waals surface area contributed by atoms with Crippen molar-refractivity contribution in [1.29, 1.82) is 0 Å². The van der Waals surface area contributed by atoms with E-state index >= 15 is 0 Å². The lowest BCUT2D eigenvalue weighted by molar-refractivity contribution is -0.137. The summed E-state index contributed by atoms with van der Waals surface area (Å²) in [5.41, 5.74) is -0.374. The highest BCUT2D eigenvalue weighted by atomic mass is 19.4. The van der Waals surface area contributed by atoms with Crippen LogP contribution in [0.5, 0.6) is 0 Å². The molecular formula is C14H16F3NO. The van der Waals surface area contributed by atoms with Gasteiger partial charge in [-0.2, -0.15) is 13.2 Å². The summed E-state index contributed by atoms with van der Waals surface area (Å²) in [6.07, 6.45) is 0.0929. The fourth-order valence-electron chi connectivity index (χ4n) is 1.44. The maximum absolute atomic E-state index is 12.5. The van der Waals surface area contributed by atoms with Gasteiger partial charge in [-0.25, -0.2) is 0 Å². The fraction of sp³-hybridized carbons (Fsp3) is 0.357. The summed E-state index contributed by atoms with van der Waals surface area (Å²) >= 11 is 0. The molecule has 0 aliphatic rings. The Kier molecular flexibility index (Phi) is 5.60. The molecule has 0 radical (unpaired) electrons. The highest BCUT2D eigenvalue weighted by molar-refractivity contribution is 5.91. The first-order valence-corrected chi connectivity index (χ1v) is 6.06. The maximum Gasteiger partial charge on any atom is 0.416 e. The van der Waals surface area contributed by atoms with E-state index in [9.17, 15) is 18.0 Å². The average Bonchev–Trinajstić information content (AvgIpc) is 2.36. The summed E-state index contributed by atoms with van der Waals surface area (Å²) in [5.74, 6) is -0.300. The minimum Gasteiger partial charge on any atom is -0.353 e. The van der Waals surface area contributed by atoms with Gasteiger partial charge in [-0.15, -0.1) is 0 Å². The molecule has 1 rings (SSSR count). The van der Waals surface area contributed by atoms with Gasteiger partial charge in [0.15, 0.2) is 0 Å². The number of alkyl halides is 3. The number of nitrogens with one attached hydrogen (secondary N) is 1. The number of hydrogen-bond donors (Lipinski definition) is 1. The van der Waals surface area contributed by atoms with Crippen molar-refractivity contribution < 1.29 is 18.0 Å². The Morgan fingerprint density at radius 3 is 2.74 bits per heavy atom. The third-order valence-electron chi connectivity index (χ3n) is 2.47. The van der Waals surface area contributed by atoms with Crippen molar-refractivity contribution in [3.05, 3.63) is 41.5 Å². The zero-order chi connectivity index (χ0) is 14.3. The largest absolute Gasteiger partial charge is 0.416 e. The molecule has 0 aromatic heterocycles.